The van der Waals surface area contributed by atoms with Crippen LogP contribution < -0.4 is 5.32 Å². The number of amides is 2. The Labute approximate surface area is 172 Å². The maximum absolute atomic E-state index is 12.6. The maximum atomic E-state index is 12.6. The summed E-state index contributed by atoms with van der Waals surface area (Å²) >= 11 is 5.77. The lowest BCUT2D eigenvalue weighted by Gasteiger charge is -2.48. The highest BCUT2D eigenvalue weighted by Gasteiger charge is 2.50. The number of aliphatic imine (C=N–C) groups is 2. The van der Waals surface area contributed by atoms with Gasteiger partial charge >= 0.3 is 6.03 Å². The van der Waals surface area contributed by atoms with Gasteiger partial charge in [-0.05, 0) is 70.6 Å². The lowest BCUT2D eigenvalue weighted by molar-refractivity contribution is 0.0629. The molecule has 6 nitrogen and oxygen atoms in total. The SMILES string of the molecule is C=NC(Cl)=N/C=C(\C)N1CC2(CCC(c3ccccc3)(N(C)C)CC2)NC1=O. The number of hydrogen-bond acceptors (Lipinski definition) is 3. The van der Waals surface area contributed by atoms with E-state index < -0.39 is 0 Å². The van der Waals surface area contributed by atoms with Gasteiger partial charge in [-0.1, -0.05) is 30.3 Å². The van der Waals surface area contributed by atoms with Crippen LogP contribution in [0, 0.1) is 0 Å². The van der Waals surface area contributed by atoms with Crippen LogP contribution in [0.25, 0.3) is 0 Å². The molecule has 1 aromatic rings. The summed E-state index contributed by atoms with van der Waals surface area (Å²) < 4.78 is 0. The third-order valence-corrected chi connectivity index (χ3v) is 6.41. The fourth-order valence-electron chi connectivity index (χ4n) is 4.42. The van der Waals surface area contributed by atoms with Gasteiger partial charge in [0, 0.05) is 17.4 Å². The molecule has 1 aliphatic heterocycles. The summed E-state index contributed by atoms with van der Waals surface area (Å²) in [5.74, 6) is 0. The number of allylic oxidation sites excluding steroid dienone is 1. The van der Waals surface area contributed by atoms with E-state index in [9.17, 15) is 4.79 Å². The molecule has 1 spiro atoms. The van der Waals surface area contributed by atoms with Crippen molar-refractivity contribution in [3.8, 4) is 0 Å². The quantitative estimate of drug-likeness (QED) is 0.472. The summed E-state index contributed by atoms with van der Waals surface area (Å²) in [7, 11) is 4.29. The fourth-order valence-corrected chi connectivity index (χ4v) is 4.47. The van der Waals surface area contributed by atoms with E-state index in [-0.39, 0.29) is 22.4 Å². The van der Waals surface area contributed by atoms with E-state index in [1.165, 1.54) is 5.56 Å². The molecule has 0 aromatic heterocycles. The Morgan fingerprint density at radius 3 is 2.46 bits per heavy atom. The Morgan fingerprint density at radius 2 is 1.89 bits per heavy atom. The summed E-state index contributed by atoms with van der Waals surface area (Å²) in [5, 5.41) is 3.30. The molecule has 0 unspecified atom stereocenters. The van der Waals surface area contributed by atoms with Gasteiger partial charge in [0.05, 0.1) is 12.1 Å². The topological polar surface area (TPSA) is 60.3 Å². The Bertz CT molecular complexity index is 794. The highest BCUT2D eigenvalue weighted by Crippen LogP contribution is 2.46. The van der Waals surface area contributed by atoms with Gasteiger partial charge in [0.25, 0.3) is 0 Å². The Morgan fingerprint density at radius 1 is 1.25 bits per heavy atom. The number of hydrogen-bond donors (Lipinski definition) is 1. The predicted octanol–water partition coefficient (Wildman–Crippen LogP) is 3.94. The lowest BCUT2D eigenvalue weighted by Crippen LogP contribution is -2.53. The lowest BCUT2D eigenvalue weighted by atomic mass is 9.69. The van der Waals surface area contributed by atoms with Crippen LogP contribution in [0.1, 0.15) is 38.2 Å². The molecule has 1 saturated heterocycles. The number of halogens is 1. The normalized spacial score (nSPS) is 28.8. The first kappa shape index (κ1) is 20.6. The van der Waals surface area contributed by atoms with E-state index in [4.69, 9.17) is 11.6 Å². The summed E-state index contributed by atoms with van der Waals surface area (Å²) in [6.45, 7) is 5.83. The van der Waals surface area contributed by atoms with E-state index in [1.807, 2.05) is 6.92 Å². The fraction of sp³-hybridized carbons (Fsp3) is 0.476. The predicted molar refractivity (Wildman–Crippen MR) is 115 cm³/mol. The minimum absolute atomic E-state index is 0.00297. The van der Waals surface area contributed by atoms with Crippen molar-refractivity contribution >= 4 is 29.6 Å². The Hall–Kier alpha value is -2.18. The van der Waals surface area contributed by atoms with E-state index >= 15 is 0 Å². The van der Waals surface area contributed by atoms with Crippen LogP contribution in [0.4, 0.5) is 4.79 Å². The molecule has 1 saturated carbocycles. The van der Waals surface area contributed by atoms with E-state index in [0.717, 1.165) is 31.4 Å². The number of carbonyl (C=O) groups is 1. The van der Waals surface area contributed by atoms with Crippen LogP contribution in [0.3, 0.4) is 0 Å². The second kappa shape index (κ2) is 8.05. The number of rotatable bonds is 4. The van der Waals surface area contributed by atoms with Crippen LogP contribution in [-0.2, 0) is 5.54 Å². The minimum Gasteiger partial charge on any atom is -0.330 e. The molecule has 2 aliphatic rings. The van der Waals surface area contributed by atoms with Gasteiger partial charge in [-0.25, -0.2) is 14.8 Å². The smallest absolute Gasteiger partial charge is 0.322 e. The van der Waals surface area contributed by atoms with Crippen molar-refractivity contribution in [2.24, 2.45) is 9.98 Å². The number of nitrogens with zero attached hydrogens (tertiary/aromatic N) is 4. The molecule has 28 heavy (non-hydrogen) atoms. The van der Waals surface area contributed by atoms with Gasteiger partial charge in [0.15, 0.2) is 0 Å². The highest BCUT2D eigenvalue weighted by molar-refractivity contribution is 6.65. The van der Waals surface area contributed by atoms with Crippen molar-refractivity contribution in [2.75, 3.05) is 20.6 Å². The number of benzene rings is 1. The average Bonchev–Trinajstić information content (AvgIpc) is 3.03. The molecule has 3 rings (SSSR count). The minimum atomic E-state index is -0.204. The first-order chi connectivity index (χ1) is 13.3. The van der Waals surface area contributed by atoms with Crippen molar-refractivity contribution in [3.05, 3.63) is 47.8 Å². The largest absolute Gasteiger partial charge is 0.330 e. The Kier molecular flexibility index (Phi) is 5.91. The van der Waals surface area contributed by atoms with Crippen molar-refractivity contribution in [2.45, 2.75) is 43.7 Å². The molecule has 7 heteroatoms. The van der Waals surface area contributed by atoms with Crippen molar-refractivity contribution in [3.63, 3.8) is 0 Å². The van der Waals surface area contributed by atoms with E-state index in [1.54, 1.807) is 11.1 Å². The van der Waals surface area contributed by atoms with Crippen LogP contribution in [0.5, 0.6) is 0 Å². The zero-order chi connectivity index (χ0) is 20.4. The molecule has 0 atom stereocenters. The molecular weight excluding hydrogens is 374 g/mol. The molecule has 1 N–H and O–H groups in total. The zero-order valence-electron chi connectivity index (χ0n) is 16.8. The summed E-state index contributed by atoms with van der Waals surface area (Å²) in [5.41, 5.74) is 1.88. The molecule has 2 fully saturated rings. The molecule has 1 aromatic carbocycles. The van der Waals surface area contributed by atoms with Gasteiger partial charge in [-0.3, -0.25) is 9.80 Å². The Balaban J connectivity index is 1.77. The second-order valence-corrected chi connectivity index (χ2v) is 8.25. The van der Waals surface area contributed by atoms with E-state index in [2.05, 4.69) is 71.3 Å². The van der Waals surface area contributed by atoms with Gasteiger partial charge in [-0.2, -0.15) is 0 Å². The summed E-state index contributed by atoms with van der Waals surface area (Å²) in [6, 6.07) is 10.6. The van der Waals surface area contributed by atoms with Gasteiger partial charge in [-0.15, -0.1) is 0 Å². The summed E-state index contributed by atoms with van der Waals surface area (Å²) in [4.78, 5) is 24.2. The van der Waals surface area contributed by atoms with Gasteiger partial charge in [0.2, 0.25) is 5.29 Å². The van der Waals surface area contributed by atoms with Crippen molar-refractivity contribution in [1.82, 2.24) is 15.1 Å². The average molecular weight is 402 g/mol. The number of nitrogens with one attached hydrogen (secondary N) is 1. The summed E-state index contributed by atoms with van der Waals surface area (Å²) in [6.07, 6.45) is 5.39. The standard InChI is InChI=1S/C21H28ClN5O/c1-16(14-24-18(22)23-2)27-15-20(25-19(27)28)10-12-21(13-11-20,26(3)4)17-8-6-5-7-9-17/h5-9,14H,2,10-13,15H2,1,3-4H3,(H,25,28)/b16-14+,24-18?. The van der Waals surface area contributed by atoms with Crippen LogP contribution in [0.2, 0.25) is 0 Å². The molecule has 0 radical (unpaired) electrons. The third-order valence-electron chi connectivity index (χ3n) is 6.19. The number of amidine groups is 1. The van der Waals surface area contributed by atoms with Crippen LogP contribution >= 0.6 is 11.6 Å². The van der Waals surface area contributed by atoms with E-state index in [0.29, 0.717) is 6.54 Å². The molecule has 1 heterocycles. The number of urea groups is 1. The maximum Gasteiger partial charge on any atom is 0.322 e. The molecule has 150 valence electrons. The first-order valence-electron chi connectivity index (χ1n) is 9.51. The molecule has 2 amide bonds. The monoisotopic (exact) mass is 401 g/mol. The molecule has 0 bridgehead atoms. The second-order valence-electron chi connectivity index (χ2n) is 7.92. The van der Waals surface area contributed by atoms with Crippen molar-refractivity contribution < 1.29 is 4.79 Å². The van der Waals surface area contributed by atoms with Crippen LogP contribution in [-0.4, -0.2) is 54.0 Å². The van der Waals surface area contributed by atoms with Crippen LogP contribution in [0.15, 0.2) is 52.2 Å². The van der Waals surface area contributed by atoms with Gasteiger partial charge in [0.1, 0.15) is 0 Å². The first-order valence-corrected chi connectivity index (χ1v) is 9.89. The van der Waals surface area contributed by atoms with Gasteiger partial charge < -0.3 is 5.32 Å². The third kappa shape index (κ3) is 3.84. The molecule has 1 aliphatic carbocycles. The highest BCUT2D eigenvalue weighted by atomic mass is 35.5. The zero-order valence-corrected chi connectivity index (χ0v) is 17.5. The molecular formula is C21H28ClN5O. The number of carbonyl (C=O) groups excluding carboxylic acids is 1. The van der Waals surface area contributed by atoms with Crippen molar-refractivity contribution in [1.29, 1.82) is 0 Å².